The monoisotopic (exact) mass is 147 g/mol. The molecule has 2 bridgehead atoms. The van der Waals surface area contributed by atoms with E-state index in [0.717, 1.165) is 5.92 Å². The van der Waals surface area contributed by atoms with E-state index < -0.39 is 0 Å². The van der Waals surface area contributed by atoms with Gasteiger partial charge in [-0.15, -0.1) is 12.4 Å². The minimum absolute atomic E-state index is 0. The quantitative estimate of drug-likeness (QED) is 0.502. The van der Waals surface area contributed by atoms with Crippen molar-refractivity contribution in [1.29, 1.82) is 0 Å². The van der Waals surface area contributed by atoms with Gasteiger partial charge in [0, 0.05) is 6.54 Å². The van der Waals surface area contributed by atoms with Crippen molar-refractivity contribution in [3.05, 3.63) is 0 Å². The van der Waals surface area contributed by atoms with E-state index in [0.29, 0.717) is 0 Å². The van der Waals surface area contributed by atoms with Gasteiger partial charge in [0.2, 0.25) is 0 Å². The summed E-state index contributed by atoms with van der Waals surface area (Å²) in [5.74, 6) is 1.09. The molecule has 0 N–H and O–H groups in total. The number of rotatable bonds is 0. The number of hydrogen-bond donors (Lipinski definition) is 0. The summed E-state index contributed by atoms with van der Waals surface area (Å²) >= 11 is 0. The molecule has 2 atom stereocenters. The van der Waals surface area contributed by atoms with Crippen LogP contribution in [-0.2, 0) is 0 Å². The van der Waals surface area contributed by atoms with E-state index in [1.54, 1.807) is 0 Å². The van der Waals surface area contributed by atoms with E-state index in [-0.39, 0.29) is 12.4 Å². The van der Waals surface area contributed by atoms with Crippen LogP contribution in [-0.4, -0.2) is 24.5 Å². The first-order chi connectivity index (χ1) is 3.95. The molecule has 0 aromatic heterocycles. The highest BCUT2D eigenvalue weighted by Crippen LogP contribution is 2.25. The zero-order chi connectivity index (χ0) is 5.40. The van der Waals surface area contributed by atoms with E-state index in [2.05, 4.69) is 4.90 Å². The molecule has 2 aliphatic heterocycles. The van der Waals surface area contributed by atoms with Crippen molar-refractivity contribution in [2.24, 2.45) is 5.92 Å². The molecule has 0 saturated carbocycles. The Hall–Kier alpha value is 0.250. The van der Waals surface area contributed by atoms with Gasteiger partial charge >= 0.3 is 0 Å². The minimum Gasteiger partial charge on any atom is -0.303 e. The summed E-state index contributed by atoms with van der Waals surface area (Å²) in [6.45, 7) is 4.20. The molecular weight excluding hydrogens is 134 g/mol. The maximum atomic E-state index is 2.59. The Bertz CT molecular complexity index is 80.9. The minimum atomic E-state index is 0. The number of fused-ring (bicyclic) bond motifs is 2. The predicted molar refractivity (Wildman–Crippen MR) is 41.0 cm³/mol. The van der Waals surface area contributed by atoms with Crippen LogP contribution in [0.3, 0.4) is 0 Å². The van der Waals surface area contributed by atoms with Crippen molar-refractivity contribution in [3.8, 4) is 0 Å². The van der Waals surface area contributed by atoms with Gasteiger partial charge in [0.25, 0.3) is 0 Å². The largest absolute Gasteiger partial charge is 0.303 e. The Balaban J connectivity index is 0.000000405. The van der Waals surface area contributed by atoms with Gasteiger partial charge in [0.1, 0.15) is 0 Å². The van der Waals surface area contributed by atoms with Crippen LogP contribution in [0.25, 0.3) is 0 Å². The Morgan fingerprint density at radius 1 is 1.11 bits per heavy atom. The molecule has 54 valence electrons. The van der Waals surface area contributed by atoms with Gasteiger partial charge < -0.3 is 4.90 Å². The molecule has 2 heteroatoms. The molecule has 0 aromatic carbocycles. The van der Waals surface area contributed by atoms with E-state index >= 15 is 0 Å². The number of nitrogens with zero attached hydrogens (tertiary/aromatic N) is 1. The molecule has 0 spiro atoms. The molecule has 1 nitrogen and oxygen atoms in total. The third-order valence-electron chi connectivity index (χ3n) is 2.46. The normalized spacial score (nSPS) is 40.0. The van der Waals surface area contributed by atoms with Gasteiger partial charge in [0.15, 0.2) is 0 Å². The van der Waals surface area contributed by atoms with Crippen molar-refractivity contribution < 1.29 is 0 Å². The molecule has 2 fully saturated rings. The Morgan fingerprint density at radius 3 is 2.67 bits per heavy atom. The third kappa shape index (κ3) is 1.39. The van der Waals surface area contributed by atoms with Crippen LogP contribution in [0, 0.1) is 5.92 Å². The summed E-state index contributed by atoms with van der Waals surface area (Å²) in [5, 5.41) is 0. The molecule has 0 aliphatic carbocycles. The first-order valence-electron chi connectivity index (χ1n) is 3.67. The number of halogens is 1. The summed E-state index contributed by atoms with van der Waals surface area (Å²) in [4.78, 5) is 2.59. The van der Waals surface area contributed by atoms with Crippen LogP contribution in [0.2, 0.25) is 0 Å². The summed E-state index contributed by atoms with van der Waals surface area (Å²) in [7, 11) is 0. The fourth-order valence-corrected chi connectivity index (χ4v) is 1.96. The fourth-order valence-electron chi connectivity index (χ4n) is 1.96. The van der Waals surface area contributed by atoms with Gasteiger partial charge in [-0.3, -0.25) is 0 Å². The van der Waals surface area contributed by atoms with Crippen molar-refractivity contribution in [2.75, 3.05) is 19.6 Å². The average Bonchev–Trinajstić information content (AvgIpc) is 2.12. The van der Waals surface area contributed by atoms with Gasteiger partial charge in [-0.25, -0.2) is 0 Å². The second kappa shape index (κ2) is 2.89. The maximum absolute atomic E-state index is 2.59. The second-order valence-electron chi connectivity index (χ2n) is 3.10. The van der Waals surface area contributed by atoms with Crippen LogP contribution in [0.5, 0.6) is 0 Å². The molecule has 0 amide bonds. The van der Waals surface area contributed by atoms with Gasteiger partial charge in [-0.2, -0.15) is 0 Å². The summed E-state index contributed by atoms with van der Waals surface area (Å²) in [5.41, 5.74) is 0. The molecule has 2 saturated heterocycles. The van der Waals surface area contributed by atoms with Crippen molar-refractivity contribution in [1.82, 2.24) is 4.90 Å². The number of hydrogen-bond acceptors (Lipinski definition) is 1. The molecule has 9 heavy (non-hydrogen) atoms. The van der Waals surface area contributed by atoms with Gasteiger partial charge in [-0.05, 0) is 38.3 Å². The first-order valence-corrected chi connectivity index (χ1v) is 3.67. The van der Waals surface area contributed by atoms with Crippen LogP contribution in [0.4, 0.5) is 0 Å². The van der Waals surface area contributed by atoms with Crippen LogP contribution in [0.15, 0.2) is 0 Å². The van der Waals surface area contributed by atoms with Crippen LogP contribution >= 0.6 is 12.4 Å². The summed E-state index contributed by atoms with van der Waals surface area (Å²) in [6.07, 6.45) is 4.46. The SMILES string of the molecule is C1CC2CCN(C1)C2.Cl. The van der Waals surface area contributed by atoms with E-state index in [1.165, 1.54) is 38.9 Å². The lowest BCUT2D eigenvalue weighted by Gasteiger charge is -2.20. The second-order valence-corrected chi connectivity index (χ2v) is 3.10. The molecule has 0 aromatic rings. The predicted octanol–water partition coefficient (Wildman–Crippen LogP) is 1.52. The zero-order valence-electron chi connectivity index (χ0n) is 5.68. The van der Waals surface area contributed by atoms with E-state index in [1.807, 2.05) is 0 Å². The van der Waals surface area contributed by atoms with E-state index in [9.17, 15) is 0 Å². The van der Waals surface area contributed by atoms with E-state index in [4.69, 9.17) is 0 Å². The van der Waals surface area contributed by atoms with Crippen molar-refractivity contribution in [2.45, 2.75) is 19.3 Å². The molecule has 2 rings (SSSR count). The fraction of sp³-hybridized carbons (Fsp3) is 1.00. The topological polar surface area (TPSA) is 3.24 Å². The lowest BCUT2D eigenvalue weighted by atomic mass is 10.0. The molecule has 2 heterocycles. The van der Waals surface area contributed by atoms with Crippen molar-refractivity contribution in [3.63, 3.8) is 0 Å². The van der Waals surface area contributed by atoms with Gasteiger partial charge in [-0.1, -0.05) is 0 Å². The zero-order valence-corrected chi connectivity index (χ0v) is 6.49. The Morgan fingerprint density at radius 2 is 2.00 bits per heavy atom. The first kappa shape index (κ1) is 7.36. The molecule has 2 aliphatic rings. The Labute approximate surface area is 62.8 Å². The third-order valence-corrected chi connectivity index (χ3v) is 2.46. The summed E-state index contributed by atoms with van der Waals surface area (Å²) in [6, 6.07) is 0. The Kier molecular flexibility index (Phi) is 2.36. The number of piperidine rings is 1. The standard InChI is InChI=1S/C7H13N.ClH/c1-2-7-3-5-8(4-1)6-7;/h7H,1-6H2;1H. The highest BCUT2D eigenvalue weighted by atomic mass is 35.5. The lowest BCUT2D eigenvalue weighted by molar-refractivity contribution is 0.270. The molecular formula is C7H14ClN. The van der Waals surface area contributed by atoms with Crippen LogP contribution in [0.1, 0.15) is 19.3 Å². The summed E-state index contributed by atoms with van der Waals surface area (Å²) < 4.78 is 0. The average molecular weight is 148 g/mol. The molecule has 0 radical (unpaired) electrons. The molecule has 2 unspecified atom stereocenters. The maximum Gasteiger partial charge on any atom is 0.00101 e. The van der Waals surface area contributed by atoms with Gasteiger partial charge in [0.05, 0.1) is 0 Å². The van der Waals surface area contributed by atoms with Crippen molar-refractivity contribution >= 4 is 12.4 Å². The smallest absolute Gasteiger partial charge is 0.00101 e. The highest BCUT2D eigenvalue weighted by molar-refractivity contribution is 5.85. The lowest BCUT2D eigenvalue weighted by Crippen LogP contribution is -2.25. The highest BCUT2D eigenvalue weighted by Gasteiger charge is 2.25. The van der Waals surface area contributed by atoms with Crippen LogP contribution < -0.4 is 0 Å².